The van der Waals surface area contributed by atoms with Crippen LogP contribution in [0.2, 0.25) is 0 Å². The Hall–Kier alpha value is -1.81. The van der Waals surface area contributed by atoms with Gasteiger partial charge in [0.25, 0.3) is 0 Å². The van der Waals surface area contributed by atoms with Crippen molar-refractivity contribution in [3.63, 3.8) is 0 Å². The van der Waals surface area contributed by atoms with Crippen molar-refractivity contribution in [3.8, 4) is 12.1 Å². The summed E-state index contributed by atoms with van der Waals surface area (Å²) >= 11 is 0. The van der Waals surface area contributed by atoms with Gasteiger partial charge in [-0.1, -0.05) is 6.92 Å². The number of nitriles is 2. The molecule has 1 rings (SSSR count). The molecule has 0 aliphatic carbocycles. The van der Waals surface area contributed by atoms with Gasteiger partial charge in [0.1, 0.15) is 12.1 Å². The van der Waals surface area contributed by atoms with Gasteiger partial charge < -0.3 is 4.57 Å². The molecule has 0 aliphatic heterocycles. The first-order valence-electron chi connectivity index (χ1n) is 4.11. The van der Waals surface area contributed by atoms with Crippen LogP contribution >= 0.6 is 0 Å². The van der Waals surface area contributed by atoms with Gasteiger partial charge in [-0.05, 0) is 13.3 Å². The predicted octanol–water partition coefficient (Wildman–Crippen LogP) is 1.60. The molecule has 0 fully saturated rings. The molecule has 0 saturated carbocycles. The third-order valence-corrected chi connectivity index (χ3v) is 2.07. The van der Waals surface area contributed by atoms with E-state index in [2.05, 4.69) is 4.98 Å². The Morgan fingerprint density at radius 2 is 2.23 bits per heavy atom. The smallest absolute Gasteiger partial charge is 0.176 e. The Labute approximate surface area is 77.0 Å². The van der Waals surface area contributed by atoms with E-state index in [1.807, 2.05) is 26.0 Å². The molecule has 1 aromatic rings. The van der Waals surface area contributed by atoms with Gasteiger partial charge >= 0.3 is 0 Å². The zero-order valence-corrected chi connectivity index (χ0v) is 7.65. The highest BCUT2D eigenvalue weighted by atomic mass is 15.1. The maximum Gasteiger partial charge on any atom is 0.176 e. The van der Waals surface area contributed by atoms with E-state index in [9.17, 15) is 0 Å². The van der Waals surface area contributed by atoms with Gasteiger partial charge in [0, 0.05) is 6.04 Å². The lowest BCUT2D eigenvalue weighted by molar-refractivity contribution is 0.526. The summed E-state index contributed by atoms with van der Waals surface area (Å²) < 4.78 is 1.73. The summed E-state index contributed by atoms with van der Waals surface area (Å²) in [6.45, 7) is 4.02. The minimum Gasteiger partial charge on any atom is -0.318 e. The van der Waals surface area contributed by atoms with Gasteiger partial charge in [-0.3, -0.25) is 0 Å². The molecular weight excluding hydrogens is 164 g/mol. The molecular formula is C9H10N4. The van der Waals surface area contributed by atoms with Crippen LogP contribution < -0.4 is 0 Å². The monoisotopic (exact) mass is 174 g/mol. The normalized spacial score (nSPS) is 11.7. The third-order valence-electron chi connectivity index (χ3n) is 2.07. The van der Waals surface area contributed by atoms with Crippen molar-refractivity contribution in [3.05, 3.63) is 17.7 Å². The van der Waals surface area contributed by atoms with Crippen LogP contribution in [0.25, 0.3) is 0 Å². The van der Waals surface area contributed by atoms with Crippen LogP contribution in [-0.4, -0.2) is 9.55 Å². The van der Waals surface area contributed by atoms with E-state index in [4.69, 9.17) is 10.5 Å². The van der Waals surface area contributed by atoms with E-state index < -0.39 is 0 Å². The van der Waals surface area contributed by atoms with Gasteiger partial charge in [-0.15, -0.1) is 0 Å². The number of rotatable bonds is 2. The molecule has 0 bridgehead atoms. The summed E-state index contributed by atoms with van der Waals surface area (Å²) in [5, 5.41) is 17.4. The number of imidazole rings is 1. The topological polar surface area (TPSA) is 65.4 Å². The van der Waals surface area contributed by atoms with Gasteiger partial charge in [0.05, 0.1) is 6.33 Å². The number of hydrogen-bond acceptors (Lipinski definition) is 3. The second-order valence-corrected chi connectivity index (χ2v) is 2.83. The van der Waals surface area contributed by atoms with E-state index in [0.29, 0.717) is 5.69 Å². The van der Waals surface area contributed by atoms with Crippen LogP contribution in [0.3, 0.4) is 0 Å². The number of nitrogens with zero attached hydrogens (tertiary/aromatic N) is 4. The standard InChI is InChI=1S/C9H10N4/c1-3-7(2)13-6-12-8(4-10)9(13)5-11/h6-7H,3H2,1-2H3. The quantitative estimate of drug-likeness (QED) is 0.683. The van der Waals surface area contributed by atoms with Crippen molar-refractivity contribution in [1.82, 2.24) is 9.55 Å². The highest BCUT2D eigenvalue weighted by Gasteiger charge is 2.12. The van der Waals surface area contributed by atoms with Crippen molar-refractivity contribution < 1.29 is 0 Å². The largest absolute Gasteiger partial charge is 0.318 e. The molecule has 0 aromatic carbocycles. The summed E-state index contributed by atoms with van der Waals surface area (Å²) in [4.78, 5) is 3.85. The second kappa shape index (κ2) is 3.73. The summed E-state index contributed by atoms with van der Waals surface area (Å²) in [7, 11) is 0. The summed E-state index contributed by atoms with van der Waals surface area (Å²) in [5.74, 6) is 0. The van der Waals surface area contributed by atoms with Crippen LogP contribution in [0.4, 0.5) is 0 Å². The van der Waals surface area contributed by atoms with Crippen LogP contribution in [-0.2, 0) is 0 Å². The Kier molecular flexibility index (Phi) is 2.66. The molecule has 0 saturated heterocycles. The third kappa shape index (κ3) is 1.52. The molecule has 0 spiro atoms. The van der Waals surface area contributed by atoms with Crippen molar-refractivity contribution in [1.29, 1.82) is 10.5 Å². The van der Waals surface area contributed by atoms with Crippen LogP contribution in [0.1, 0.15) is 37.7 Å². The fraction of sp³-hybridized carbons (Fsp3) is 0.444. The van der Waals surface area contributed by atoms with E-state index in [-0.39, 0.29) is 11.7 Å². The summed E-state index contributed by atoms with van der Waals surface area (Å²) in [6, 6.07) is 4.09. The van der Waals surface area contributed by atoms with Crippen molar-refractivity contribution in [2.24, 2.45) is 0 Å². The zero-order valence-electron chi connectivity index (χ0n) is 7.65. The molecule has 0 aliphatic rings. The van der Waals surface area contributed by atoms with Crippen LogP contribution in [0.5, 0.6) is 0 Å². The SMILES string of the molecule is CCC(C)n1cnc(C#N)c1C#N. The molecule has 0 radical (unpaired) electrons. The average molecular weight is 174 g/mol. The van der Waals surface area contributed by atoms with E-state index in [1.54, 1.807) is 10.9 Å². The first kappa shape index (κ1) is 9.28. The van der Waals surface area contributed by atoms with Crippen LogP contribution in [0.15, 0.2) is 6.33 Å². The molecule has 0 amide bonds. The maximum atomic E-state index is 8.80. The van der Waals surface area contributed by atoms with Crippen molar-refractivity contribution in [2.45, 2.75) is 26.3 Å². The van der Waals surface area contributed by atoms with Gasteiger partial charge in [-0.2, -0.15) is 10.5 Å². The Balaban J connectivity index is 3.19. The summed E-state index contributed by atoms with van der Waals surface area (Å²) in [6.07, 6.45) is 2.46. The van der Waals surface area contributed by atoms with Gasteiger partial charge in [0.15, 0.2) is 11.4 Å². The number of aromatic nitrogens is 2. The Morgan fingerprint density at radius 3 is 2.69 bits per heavy atom. The molecule has 1 unspecified atom stereocenters. The van der Waals surface area contributed by atoms with Crippen molar-refractivity contribution >= 4 is 0 Å². The molecule has 0 N–H and O–H groups in total. The second-order valence-electron chi connectivity index (χ2n) is 2.83. The molecule has 4 heteroatoms. The molecule has 13 heavy (non-hydrogen) atoms. The van der Waals surface area contributed by atoms with Gasteiger partial charge in [0.2, 0.25) is 0 Å². The predicted molar refractivity (Wildman–Crippen MR) is 46.7 cm³/mol. The first-order valence-corrected chi connectivity index (χ1v) is 4.11. The lowest BCUT2D eigenvalue weighted by atomic mass is 10.2. The molecule has 1 aromatic heterocycles. The fourth-order valence-corrected chi connectivity index (χ4v) is 1.08. The van der Waals surface area contributed by atoms with E-state index >= 15 is 0 Å². The molecule has 1 heterocycles. The molecule has 1 atom stereocenters. The van der Waals surface area contributed by atoms with Crippen molar-refractivity contribution in [2.75, 3.05) is 0 Å². The maximum absolute atomic E-state index is 8.80. The minimum absolute atomic E-state index is 0.211. The lowest BCUT2D eigenvalue weighted by Gasteiger charge is -2.10. The Morgan fingerprint density at radius 1 is 1.54 bits per heavy atom. The molecule has 66 valence electrons. The molecule has 4 nitrogen and oxygen atoms in total. The fourth-order valence-electron chi connectivity index (χ4n) is 1.08. The van der Waals surface area contributed by atoms with E-state index in [1.165, 1.54) is 0 Å². The summed E-state index contributed by atoms with van der Waals surface area (Å²) in [5.41, 5.74) is 0.569. The highest BCUT2D eigenvalue weighted by molar-refractivity contribution is 5.36. The minimum atomic E-state index is 0.211. The van der Waals surface area contributed by atoms with Gasteiger partial charge in [-0.25, -0.2) is 4.98 Å². The average Bonchev–Trinajstić information content (AvgIpc) is 2.58. The first-order chi connectivity index (χ1) is 6.24. The number of hydrogen-bond donors (Lipinski definition) is 0. The van der Waals surface area contributed by atoms with E-state index in [0.717, 1.165) is 6.42 Å². The lowest BCUT2D eigenvalue weighted by Crippen LogP contribution is -2.04. The Bertz CT molecular complexity index is 377. The van der Waals surface area contributed by atoms with Crippen LogP contribution in [0, 0.1) is 22.7 Å². The highest BCUT2D eigenvalue weighted by Crippen LogP contribution is 2.15. The zero-order chi connectivity index (χ0) is 9.84.